The molecule has 0 fully saturated rings. The average Bonchev–Trinajstić information content (AvgIpc) is 3.47. The lowest BCUT2D eigenvalue weighted by Gasteiger charge is -2.18. The van der Waals surface area contributed by atoms with Crippen molar-refractivity contribution >= 4 is 17.9 Å². The van der Waals surface area contributed by atoms with Crippen molar-refractivity contribution < 1.29 is 28.6 Å². The molecule has 0 rings (SSSR count). The SMILES string of the molecule is CC/C=C\C/C=C\C/C=C\C/C=C\CCCCCCCCCCCCCCCCC(=O)OCC(COC(=O)CCCCCCCCC/C=C\CCCCCCCCC)OC(=O)CCCCCCCC/C=C\C/C=C\C/C=C\C/C=C\CC. The number of unbranched alkanes of at least 4 members (excludes halogenated alkanes) is 34. The third kappa shape index (κ3) is 66.9. The van der Waals surface area contributed by atoms with Gasteiger partial charge in [0.15, 0.2) is 6.10 Å². The third-order valence-electron chi connectivity index (χ3n) is 15.0. The van der Waals surface area contributed by atoms with E-state index in [-0.39, 0.29) is 31.1 Å². The summed E-state index contributed by atoms with van der Waals surface area (Å²) in [5.41, 5.74) is 0. The Morgan fingerprint density at radius 3 is 0.756 bits per heavy atom. The second-order valence-electron chi connectivity index (χ2n) is 23.0. The Morgan fingerprint density at radius 1 is 0.256 bits per heavy atom. The maximum Gasteiger partial charge on any atom is 0.306 e. The molecular formula is C76H130O6. The zero-order valence-electron chi connectivity index (χ0n) is 54.0. The topological polar surface area (TPSA) is 78.9 Å². The van der Waals surface area contributed by atoms with Gasteiger partial charge in [0, 0.05) is 19.3 Å². The van der Waals surface area contributed by atoms with E-state index in [1.807, 2.05) is 0 Å². The van der Waals surface area contributed by atoms with Crippen molar-refractivity contribution in [3.63, 3.8) is 0 Å². The molecule has 470 valence electrons. The van der Waals surface area contributed by atoms with Crippen molar-refractivity contribution in [1.82, 2.24) is 0 Å². The highest BCUT2D eigenvalue weighted by molar-refractivity contribution is 5.71. The van der Waals surface area contributed by atoms with Gasteiger partial charge < -0.3 is 14.2 Å². The van der Waals surface area contributed by atoms with E-state index in [0.29, 0.717) is 19.3 Å². The first-order chi connectivity index (χ1) is 40.5. The summed E-state index contributed by atoms with van der Waals surface area (Å²) in [7, 11) is 0. The van der Waals surface area contributed by atoms with Crippen molar-refractivity contribution in [1.29, 1.82) is 0 Å². The van der Waals surface area contributed by atoms with Gasteiger partial charge in [-0.1, -0.05) is 304 Å². The third-order valence-corrected chi connectivity index (χ3v) is 15.0. The van der Waals surface area contributed by atoms with Crippen LogP contribution in [0, 0.1) is 0 Å². The molecular weight excluding hydrogens is 1010 g/mol. The first-order valence-electron chi connectivity index (χ1n) is 34.9. The Bertz CT molecular complexity index is 1640. The fourth-order valence-corrected chi connectivity index (χ4v) is 9.83. The second kappa shape index (κ2) is 69.6. The van der Waals surface area contributed by atoms with Crippen LogP contribution in [0.2, 0.25) is 0 Å². The van der Waals surface area contributed by atoms with Crippen molar-refractivity contribution in [3.8, 4) is 0 Å². The number of hydrogen-bond acceptors (Lipinski definition) is 6. The fourth-order valence-electron chi connectivity index (χ4n) is 9.83. The molecule has 0 aliphatic carbocycles. The number of hydrogen-bond donors (Lipinski definition) is 0. The van der Waals surface area contributed by atoms with Crippen molar-refractivity contribution in [2.24, 2.45) is 0 Å². The molecule has 1 atom stereocenters. The second-order valence-corrected chi connectivity index (χ2v) is 23.0. The molecule has 6 heteroatoms. The van der Waals surface area contributed by atoms with Gasteiger partial charge >= 0.3 is 17.9 Å². The Balaban J connectivity index is 4.35. The highest BCUT2D eigenvalue weighted by Crippen LogP contribution is 2.17. The molecule has 0 heterocycles. The van der Waals surface area contributed by atoms with Crippen molar-refractivity contribution in [2.45, 2.75) is 341 Å². The summed E-state index contributed by atoms with van der Waals surface area (Å²) in [5, 5.41) is 0. The molecule has 0 bridgehead atoms. The first kappa shape index (κ1) is 78.1. The summed E-state index contributed by atoms with van der Waals surface area (Å²) >= 11 is 0. The van der Waals surface area contributed by atoms with Crippen molar-refractivity contribution in [3.05, 3.63) is 109 Å². The highest BCUT2D eigenvalue weighted by atomic mass is 16.6. The van der Waals surface area contributed by atoms with Gasteiger partial charge in [-0.25, -0.2) is 0 Å². The van der Waals surface area contributed by atoms with E-state index >= 15 is 0 Å². The van der Waals surface area contributed by atoms with Gasteiger partial charge in [-0.05, 0) is 122 Å². The lowest BCUT2D eigenvalue weighted by molar-refractivity contribution is -0.167. The van der Waals surface area contributed by atoms with Crippen LogP contribution < -0.4 is 0 Å². The van der Waals surface area contributed by atoms with E-state index in [0.717, 1.165) is 122 Å². The number of esters is 3. The molecule has 0 aliphatic rings. The van der Waals surface area contributed by atoms with Crippen molar-refractivity contribution in [2.75, 3.05) is 13.2 Å². The molecule has 0 aromatic heterocycles. The first-order valence-corrected chi connectivity index (χ1v) is 34.9. The molecule has 0 aromatic rings. The van der Waals surface area contributed by atoms with Crippen LogP contribution in [0.25, 0.3) is 0 Å². The lowest BCUT2D eigenvalue weighted by Crippen LogP contribution is -2.30. The molecule has 0 spiro atoms. The summed E-state index contributed by atoms with van der Waals surface area (Å²) in [4.78, 5) is 38.5. The van der Waals surface area contributed by atoms with Crippen LogP contribution in [0.15, 0.2) is 109 Å². The lowest BCUT2D eigenvalue weighted by atomic mass is 10.0. The average molecular weight is 1140 g/mol. The molecule has 0 aromatic carbocycles. The summed E-state index contributed by atoms with van der Waals surface area (Å²) in [6.45, 7) is 6.44. The zero-order chi connectivity index (χ0) is 59.2. The molecule has 0 aliphatic heterocycles. The van der Waals surface area contributed by atoms with Crippen LogP contribution in [-0.2, 0) is 28.6 Å². The van der Waals surface area contributed by atoms with E-state index in [2.05, 4.69) is 130 Å². The predicted molar refractivity (Wildman–Crippen MR) is 357 cm³/mol. The standard InChI is InChI=1S/C76H130O6/c1-4-7-10-13-16-19-22-25-28-31-34-35-36-37-38-39-40-41-43-45-48-51-54-57-60-63-66-69-75(78)81-72-73(71-80-74(77)68-65-62-59-56-53-50-47-44-33-30-27-24-21-18-15-12-9-6-3)82-76(79)70-67-64-61-58-55-52-49-46-42-32-29-26-23-20-17-14-11-8-5-2/h7-8,10-11,16-17,19-20,25-26,28-30,33-35,42,46,73H,4-6,9,12-15,18,21-24,27,31-32,36-41,43-45,47-72H2,1-3H3/b10-7-,11-8-,19-16-,20-17-,28-25-,29-26-,33-30-,35-34-,46-42-. The van der Waals surface area contributed by atoms with E-state index < -0.39 is 6.10 Å². The minimum atomic E-state index is -0.791. The van der Waals surface area contributed by atoms with Gasteiger partial charge in [-0.3, -0.25) is 14.4 Å². The van der Waals surface area contributed by atoms with E-state index in [4.69, 9.17) is 14.2 Å². The summed E-state index contributed by atoms with van der Waals surface area (Å²) in [5.74, 6) is -0.890. The molecule has 0 amide bonds. The minimum Gasteiger partial charge on any atom is -0.462 e. The molecule has 0 N–H and O–H groups in total. The molecule has 1 unspecified atom stereocenters. The van der Waals surface area contributed by atoms with Crippen LogP contribution in [0.4, 0.5) is 0 Å². The van der Waals surface area contributed by atoms with Gasteiger partial charge in [0.2, 0.25) is 0 Å². The van der Waals surface area contributed by atoms with Crippen LogP contribution in [0.1, 0.15) is 335 Å². The molecule has 6 nitrogen and oxygen atoms in total. The quantitative estimate of drug-likeness (QED) is 0.0261. The Kier molecular flexibility index (Phi) is 66.2. The Labute approximate surface area is 508 Å². The number of ether oxygens (including phenoxy) is 3. The molecule has 0 saturated heterocycles. The number of allylic oxidation sites excluding steroid dienone is 18. The van der Waals surface area contributed by atoms with Crippen LogP contribution in [-0.4, -0.2) is 37.2 Å². The fraction of sp³-hybridized carbons (Fsp3) is 0.724. The zero-order valence-corrected chi connectivity index (χ0v) is 54.0. The van der Waals surface area contributed by atoms with E-state index in [1.165, 1.54) is 173 Å². The van der Waals surface area contributed by atoms with E-state index in [9.17, 15) is 14.4 Å². The summed E-state index contributed by atoms with van der Waals surface area (Å²) in [6, 6.07) is 0. The van der Waals surface area contributed by atoms with Gasteiger partial charge in [-0.15, -0.1) is 0 Å². The number of rotatable bonds is 63. The van der Waals surface area contributed by atoms with Gasteiger partial charge in [-0.2, -0.15) is 0 Å². The Morgan fingerprint density at radius 2 is 0.476 bits per heavy atom. The smallest absolute Gasteiger partial charge is 0.306 e. The monoisotopic (exact) mass is 1140 g/mol. The van der Waals surface area contributed by atoms with Crippen LogP contribution in [0.5, 0.6) is 0 Å². The maximum absolute atomic E-state index is 13.0. The minimum absolute atomic E-state index is 0.0845. The summed E-state index contributed by atoms with van der Waals surface area (Å²) < 4.78 is 17.0. The summed E-state index contributed by atoms with van der Waals surface area (Å²) in [6.07, 6.45) is 95.3. The largest absolute Gasteiger partial charge is 0.462 e. The molecule has 0 radical (unpaired) electrons. The normalized spacial score (nSPS) is 12.8. The molecule has 0 saturated carbocycles. The van der Waals surface area contributed by atoms with Crippen LogP contribution in [0.3, 0.4) is 0 Å². The molecule has 82 heavy (non-hydrogen) atoms. The van der Waals surface area contributed by atoms with Crippen LogP contribution >= 0.6 is 0 Å². The van der Waals surface area contributed by atoms with Gasteiger partial charge in [0.25, 0.3) is 0 Å². The number of carbonyl (C=O) groups excluding carboxylic acids is 3. The predicted octanol–water partition coefficient (Wildman–Crippen LogP) is 24.2. The Hall–Kier alpha value is -3.93. The van der Waals surface area contributed by atoms with E-state index in [1.54, 1.807) is 0 Å². The maximum atomic E-state index is 13.0. The van der Waals surface area contributed by atoms with Gasteiger partial charge in [0.1, 0.15) is 13.2 Å². The van der Waals surface area contributed by atoms with Gasteiger partial charge in [0.05, 0.1) is 0 Å². The number of carbonyl (C=O) groups is 3. The highest BCUT2D eigenvalue weighted by Gasteiger charge is 2.19.